The quantitative estimate of drug-likeness (QED) is 0.636. The highest BCUT2D eigenvalue weighted by atomic mass is 16.4. The number of nitrogens with zero attached hydrogens (tertiary/aromatic N) is 1. The van der Waals surface area contributed by atoms with E-state index in [0.717, 1.165) is 18.9 Å². The zero-order valence-corrected chi connectivity index (χ0v) is 10.4. The molecule has 2 amide bonds. The van der Waals surface area contributed by atoms with Gasteiger partial charge in [-0.05, 0) is 25.2 Å². The highest BCUT2D eigenvalue weighted by Crippen LogP contribution is 2.33. The van der Waals surface area contributed by atoms with Crippen LogP contribution in [0.15, 0.2) is 0 Å². The smallest absolute Gasteiger partial charge is 0.317 e. The van der Waals surface area contributed by atoms with Crippen LogP contribution in [0.2, 0.25) is 0 Å². The minimum atomic E-state index is -0.816. The third-order valence-corrected chi connectivity index (χ3v) is 2.99. The summed E-state index contributed by atoms with van der Waals surface area (Å²) in [6, 6.07) is -0.105. The number of urea groups is 1. The Hall–Kier alpha value is -1.26. The Morgan fingerprint density at radius 2 is 2.06 bits per heavy atom. The molecule has 2 N–H and O–H groups in total. The monoisotopic (exact) mass is 242 g/mol. The van der Waals surface area contributed by atoms with Crippen LogP contribution in [0.5, 0.6) is 0 Å². The maximum Gasteiger partial charge on any atom is 0.317 e. The van der Waals surface area contributed by atoms with E-state index < -0.39 is 5.97 Å². The SMILES string of the molecule is CN(CCCC(=O)O)C(=O)NCCCC1CC1. The van der Waals surface area contributed by atoms with E-state index in [2.05, 4.69) is 5.32 Å². The number of carboxylic acids is 1. The molecule has 0 aromatic rings. The molecule has 1 aliphatic rings. The first-order valence-corrected chi connectivity index (χ1v) is 6.30. The first kappa shape index (κ1) is 13.8. The van der Waals surface area contributed by atoms with E-state index in [-0.39, 0.29) is 12.5 Å². The number of carbonyl (C=O) groups is 2. The summed E-state index contributed by atoms with van der Waals surface area (Å²) in [5.74, 6) is 0.0865. The molecule has 0 radical (unpaired) electrons. The van der Waals surface area contributed by atoms with Gasteiger partial charge in [-0.3, -0.25) is 4.79 Å². The lowest BCUT2D eigenvalue weighted by atomic mass is 10.2. The highest BCUT2D eigenvalue weighted by Gasteiger charge is 2.20. The molecule has 0 bridgehead atoms. The molecule has 0 spiro atoms. The molecule has 5 heteroatoms. The molecular formula is C12H22N2O3. The van der Waals surface area contributed by atoms with Gasteiger partial charge in [0.25, 0.3) is 0 Å². The van der Waals surface area contributed by atoms with Crippen molar-refractivity contribution >= 4 is 12.0 Å². The average Bonchev–Trinajstić information content (AvgIpc) is 3.07. The zero-order valence-electron chi connectivity index (χ0n) is 10.4. The minimum Gasteiger partial charge on any atom is -0.481 e. The Kier molecular flexibility index (Phi) is 5.80. The fourth-order valence-corrected chi connectivity index (χ4v) is 1.70. The second-order valence-corrected chi connectivity index (χ2v) is 4.74. The van der Waals surface area contributed by atoms with Gasteiger partial charge in [-0.1, -0.05) is 12.8 Å². The number of rotatable bonds is 8. The van der Waals surface area contributed by atoms with Crippen LogP contribution in [0.4, 0.5) is 4.79 Å². The summed E-state index contributed by atoms with van der Waals surface area (Å²) in [7, 11) is 1.69. The van der Waals surface area contributed by atoms with Crippen molar-refractivity contribution in [2.45, 2.75) is 38.5 Å². The number of hydrogen-bond donors (Lipinski definition) is 2. The molecule has 0 aromatic carbocycles. The Labute approximate surface area is 102 Å². The van der Waals surface area contributed by atoms with E-state index in [0.29, 0.717) is 13.0 Å². The summed E-state index contributed by atoms with van der Waals surface area (Å²) in [6.07, 6.45) is 5.56. The Balaban J connectivity index is 1.98. The van der Waals surface area contributed by atoms with Crippen molar-refractivity contribution in [3.05, 3.63) is 0 Å². The second kappa shape index (κ2) is 7.14. The van der Waals surface area contributed by atoms with Crippen LogP contribution in [0.1, 0.15) is 38.5 Å². The van der Waals surface area contributed by atoms with E-state index in [1.165, 1.54) is 19.3 Å². The van der Waals surface area contributed by atoms with Crippen molar-refractivity contribution in [2.75, 3.05) is 20.1 Å². The van der Waals surface area contributed by atoms with Crippen LogP contribution in [0, 0.1) is 5.92 Å². The molecule has 1 saturated carbocycles. The molecule has 0 saturated heterocycles. The van der Waals surface area contributed by atoms with E-state index in [1.54, 1.807) is 11.9 Å². The number of amides is 2. The third-order valence-electron chi connectivity index (χ3n) is 2.99. The van der Waals surface area contributed by atoms with Gasteiger partial charge < -0.3 is 15.3 Å². The second-order valence-electron chi connectivity index (χ2n) is 4.74. The van der Waals surface area contributed by atoms with Crippen LogP contribution in [-0.2, 0) is 4.79 Å². The van der Waals surface area contributed by atoms with Crippen LogP contribution >= 0.6 is 0 Å². The van der Waals surface area contributed by atoms with Gasteiger partial charge in [-0.25, -0.2) is 4.79 Å². The standard InChI is InChI=1S/C12H22N2O3/c1-14(9-3-5-11(15)16)12(17)13-8-2-4-10-6-7-10/h10H,2-9H2,1H3,(H,13,17)(H,15,16). The molecule has 98 valence electrons. The first-order chi connectivity index (χ1) is 8.09. The molecule has 0 aromatic heterocycles. The maximum absolute atomic E-state index is 11.5. The van der Waals surface area contributed by atoms with E-state index in [4.69, 9.17) is 5.11 Å². The summed E-state index contributed by atoms with van der Waals surface area (Å²) in [5, 5.41) is 11.3. The largest absolute Gasteiger partial charge is 0.481 e. The Morgan fingerprint density at radius 3 is 2.65 bits per heavy atom. The lowest BCUT2D eigenvalue weighted by Gasteiger charge is -2.17. The lowest BCUT2D eigenvalue weighted by molar-refractivity contribution is -0.137. The van der Waals surface area contributed by atoms with E-state index in [1.807, 2.05) is 0 Å². The van der Waals surface area contributed by atoms with Gasteiger partial charge in [0.2, 0.25) is 0 Å². The molecule has 0 atom stereocenters. The van der Waals surface area contributed by atoms with Crippen molar-refractivity contribution in [3.8, 4) is 0 Å². The number of hydrogen-bond acceptors (Lipinski definition) is 2. The fourth-order valence-electron chi connectivity index (χ4n) is 1.70. The molecule has 1 fully saturated rings. The molecule has 1 rings (SSSR count). The Bertz CT molecular complexity index is 264. The molecule has 5 nitrogen and oxygen atoms in total. The average molecular weight is 242 g/mol. The zero-order chi connectivity index (χ0) is 12.7. The van der Waals surface area contributed by atoms with E-state index >= 15 is 0 Å². The predicted octanol–water partition coefficient (Wildman–Crippen LogP) is 1.68. The van der Waals surface area contributed by atoms with Crippen molar-refractivity contribution in [1.82, 2.24) is 10.2 Å². The molecule has 0 unspecified atom stereocenters. The Morgan fingerprint density at radius 1 is 1.35 bits per heavy atom. The molecule has 0 heterocycles. The van der Waals surface area contributed by atoms with Gasteiger partial charge >= 0.3 is 12.0 Å². The van der Waals surface area contributed by atoms with Crippen molar-refractivity contribution < 1.29 is 14.7 Å². The normalized spacial score (nSPS) is 14.4. The summed E-state index contributed by atoms with van der Waals surface area (Å²) in [6.45, 7) is 1.21. The first-order valence-electron chi connectivity index (χ1n) is 6.30. The van der Waals surface area contributed by atoms with Crippen LogP contribution in [0.3, 0.4) is 0 Å². The van der Waals surface area contributed by atoms with Gasteiger partial charge in [0.15, 0.2) is 0 Å². The third kappa shape index (κ3) is 6.81. The topological polar surface area (TPSA) is 69.6 Å². The van der Waals surface area contributed by atoms with Crippen LogP contribution in [-0.4, -0.2) is 42.1 Å². The predicted molar refractivity (Wildman–Crippen MR) is 64.9 cm³/mol. The maximum atomic E-state index is 11.5. The van der Waals surface area contributed by atoms with Crippen molar-refractivity contribution in [3.63, 3.8) is 0 Å². The van der Waals surface area contributed by atoms with Gasteiger partial charge in [0.1, 0.15) is 0 Å². The fraction of sp³-hybridized carbons (Fsp3) is 0.833. The molecule has 0 aliphatic heterocycles. The summed E-state index contributed by atoms with van der Waals surface area (Å²) in [5.41, 5.74) is 0. The number of carbonyl (C=O) groups excluding carboxylic acids is 1. The van der Waals surface area contributed by atoms with Gasteiger partial charge in [0, 0.05) is 26.6 Å². The van der Waals surface area contributed by atoms with Crippen LogP contribution in [0.25, 0.3) is 0 Å². The number of nitrogens with one attached hydrogen (secondary N) is 1. The van der Waals surface area contributed by atoms with Crippen molar-refractivity contribution in [2.24, 2.45) is 5.92 Å². The number of aliphatic carboxylic acids is 1. The molecule has 17 heavy (non-hydrogen) atoms. The van der Waals surface area contributed by atoms with Gasteiger partial charge in [0.05, 0.1) is 0 Å². The molecular weight excluding hydrogens is 220 g/mol. The van der Waals surface area contributed by atoms with Gasteiger partial charge in [-0.15, -0.1) is 0 Å². The summed E-state index contributed by atoms with van der Waals surface area (Å²) >= 11 is 0. The van der Waals surface area contributed by atoms with E-state index in [9.17, 15) is 9.59 Å². The minimum absolute atomic E-state index is 0.105. The van der Waals surface area contributed by atoms with Crippen LogP contribution < -0.4 is 5.32 Å². The summed E-state index contributed by atoms with van der Waals surface area (Å²) in [4.78, 5) is 23.4. The lowest BCUT2D eigenvalue weighted by Crippen LogP contribution is -2.38. The van der Waals surface area contributed by atoms with Gasteiger partial charge in [-0.2, -0.15) is 0 Å². The number of carboxylic acid groups (broad SMARTS) is 1. The molecule has 1 aliphatic carbocycles. The van der Waals surface area contributed by atoms with Crippen molar-refractivity contribution in [1.29, 1.82) is 0 Å². The highest BCUT2D eigenvalue weighted by molar-refractivity contribution is 5.73. The summed E-state index contributed by atoms with van der Waals surface area (Å²) < 4.78 is 0.